The number of hydrogen-bond donors (Lipinski definition) is 0. The maximum atomic E-state index is 11.6. The van der Waals surface area contributed by atoms with E-state index in [1.165, 1.54) is 0 Å². The van der Waals surface area contributed by atoms with Gasteiger partial charge in [0.05, 0.1) is 12.2 Å². The molecule has 15 heavy (non-hydrogen) atoms. The Hall–Kier alpha value is 0.367. The van der Waals surface area contributed by atoms with Gasteiger partial charge < -0.3 is 4.74 Å². The highest BCUT2D eigenvalue weighted by atomic mass is 127. The second-order valence-corrected chi connectivity index (χ2v) is 5.58. The van der Waals surface area contributed by atoms with Crippen LogP contribution in [0.5, 0.6) is 0 Å². The molecule has 1 aromatic rings. The predicted molar refractivity (Wildman–Crippen MR) is 77.3 cm³/mol. The Morgan fingerprint density at radius 2 is 2.13 bits per heavy atom. The van der Waals surface area contributed by atoms with Gasteiger partial charge in [-0.25, -0.2) is 4.79 Å². The van der Waals surface area contributed by atoms with Crippen LogP contribution in [0.3, 0.4) is 0 Å². The molecule has 0 N–H and O–H groups in total. The largest absolute Gasteiger partial charge is 0.462 e. The number of rotatable bonds is 4. The molecule has 0 heterocycles. The van der Waals surface area contributed by atoms with Gasteiger partial charge in [0.25, 0.3) is 0 Å². The minimum absolute atomic E-state index is 0.238. The Balaban J connectivity index is 2.69. The van der Waals surface area contributed by atoms with Gasteiger partial charge in [-0.05, 0) is 63.7 Å². The van der Waals surface area contributed by atoms with Crippen LogP contribution in [0, 0.1) is 7.14 Å². The van der Waals surface area contributed by atoms with E-state index in [1.807, 2.05) is 12.1 Å². The Labute approximate surface area is 120 Å². The van der Waals surface area contributed by atoms with Crippen molar-refractivity contribution in [1.29, 1.82) is 0 Å². The van der Waals surface area contributed by atoms with E-state index in [-0.39, 0.29) is 5.97 Å². The third-order valence-electron chi connectivity index (χ3n) is 1.73. The van der Waals surface area contributed by atoms with Gasteiger partial charge in [-0.2, -0.15) is 0 Å². The summed E-state index contributed by atoms with van der Waals surface area (Å²) >= 11 is 4.37. The molecule has 0 aliphatic heterocycles. The Morgan fingerprint density at radius 1 is 1.40 bits per heavy atom. The van der Waals surface area contributed by atoms with Gasteiger partial charge in [-0.15, -0.1) is 0 Å². The molecule has 0 aliphatic rings. The average Bonchev–Trinajstić information content (AvgIpc) is 2.22. The van der Waals surface area contributed by atoms with Crippen molar-refractivity contribution >= 4 is 61.4 Å². The average molecular weight is 443 g/mol. The van der Waals surface area contributed by atoms with Crippen LogP contribution in [0.1, 0.15) is 16.8 Å². The third kappa shape index (κ3) is 4.02. The maximum Gasteiger partial charge on any atom is 0.339 e. The van der Waals surface area contributed by atoms with Gasteiger partial charge in [0, 0.05) is 17.4 Å². The van der Waals surface area contributed by atoms with E-state index >= 15 is 0 Å². The molecule has 0 fully saturated rings. The Bertz CT molecular complexity index is 355. The lowest BCUT2D eigenvalue weighted by molar-refractivity contribution is 0.0504. The molecule has 1 aromatic carbocycles. The standard InChI is InChI=1S/C10H9I2O2Si/c11-8-4-1-3-7(9(8)12)10(13)14-5-2-6-15/h1,3-4H,2,5-6H2. The lowest BCUT2D eigenvalue weighted by Crippen LogP contribution is -2.08. The molecule has 0 saturated carbocycles. The summed E-state index contributed by atoms with van der Waals surface area (Å²) in [5.74, 6) is -0.238. The molecular weight excluding hydrogens is 434 g/mol. The molecule has 0 aromatic heterocycles. The highest BCUT2D eigenvalue weighted by Gasteiger charge is 2.12. The summed E-state index contributed by atoms with van der Waals surface area (Å²) in [6.45, 7) is 0.462. The summed E-state index contributed by atoms with van der Waals surface area (Å²) in [7, 11) is 3.33. The molecule has 0 atom stereocenters. The molecule has 0 bridgehead atoms. The summed E-state index contributed by atoms with van der Waals surface area (Å²) in [6.07, 6.45) is 0.836. The minimum atomic E-state index is -0.238. The topological polar surface area (TPSA) is 26.3 Å². The zero-order chi connectivity index (χ0) is 11.3. The van der Waals surface area contributed by atoms with Crippen molar-refractivity contribution < 1.29 is 9.53 Å². The van der Waals surface area contributed by atoms with Crippen molar-refractivity contribution in [2.24, 2.45) is 0 Å². The van der Waals surface area contributed by atoms with E-state index in [2.05, 4.69) is 55.4 Å². The molecule has 79 valence electrons. The fraction of sp³-hybridized carbons (Fsp3) is 0.300. The van der Waals surface area contributed by atoms with Crippen LogP contribution in [0.4, 0.5) is 0 Å². The SMILES string of the molecule is O=C(OCCC[Si])c1cccc(I)c1I. The first-order valence-corrected chi connectivity index (χ1v) is 7.29. The van der Waals surface area contributed by atoms with E-state index in [4.69, 9.17) is 4.74 Å². The van der Waals surface area contributed by atoms with Gasteiger partial charge in [0.15, 0.2) is 0 Å². The molecule has 0 amide bonds. The van der Waals surface area contributed by atoms with Crippen molar-refractivity contribution in [1.82, 2.24) is 0 Å². The van der Waals surface area contributed by atoms with Crippen LogP contribution in [0.25, 0.3) is 0 Å². The summed E-state index contributed by atoms with van der Waals surface area (Å²) in [4.78, 5) is 11.6. The Morgan fingerprint density at radius 3 is 2.80 bits per heavy atom. The molecule has 0 aliphatic carbocycles. The van der Waals surface area contributed by atoms with E-state index < -0.39 is 0 Å². The van der Waals surface area contributed by atoms with E-state index in [0.717, 1.165) is 19.6 Å². The van der Waals surface area contributed by atoms with Crippen LogP contribution in [-0.4, -0.2) is 22.8 Å². The second-order valence-electron chi connectivity index (χ2n) is 2.84. The predicted octanol–water partition coefficient (Wildman–Crippen LogP) is 3.03. The van der Waals surface area contributed by atoms with Gasteiger partial charge >= 0.3 is 5.97 Å². The summed E-state index contributed by atoms with van der Waals surface area (Å²) in [6, 6.07) is 6.47. The number of hydrogen-bond acceptors (Lipinski definition) is 2. The van der Waals surface area contributed by atoms with Crippen LogP contribution in [-0.2, 0) is 4.74 Å². The Kier molecular flexibility index (Phi) is 6.13. The van der Waals surface area contributed by atoms with Crippen molar-refractivity contribution in [3.05, 3.63) is 30.9 Å². The highest BCUT2D eigenvalue weighted by Crippen LogP contribution is 2.19. The first-order valence-electron chi connectivity index (χ1n) is 4.42. The normalized spacial score (nSPS) is 10.1. The van der Waals surface area contributed by atoms with E-state index in [0.29, 0.717) is 12.2 Å². The van der Waals surface area contributed by atoms with Crippen molar-refractivity contribution in [2.75, 3.05) is 6.61 Å². The molecule has 0 unspecified atom stereocenters. The van der Waals surface area contributed by atoms with Gasteiger partial charge in [0.2, 0.25) is 0 Å². The van der Waals surface area contributed by atoms with Crippen molar-refractivity contribution in [2.45, 2.75) is 12.5 Å². The molecule has 3 radical (unpaired) electrons. The first-order chi connectivity index (χ1) is 7.16. The molecule has 0 spiro atoms. The molecule has 2 nitrogen and oxygen atoms in total. The fourth-order valence-corrected chi connectivity index (χ4v) is 2.20. The summed E-state index contributed by atoms with van der Waals surface area (Å²) in [5.41, 5.74) is 0.650. The first kappa shape index (κ1) is 13.4. The lowest BCUT2D eigenvalue weighted by atomic mass is 10.2. The molecular formula is C10H9I2O2Si. The van der Waals surface area contributed by atoms with Crippen molar-refractivity contribution in [3.63, 3.8) is 0 Å². The van der Waals surface area contributed by atoms with Crippen molar-refractivity contribution in [3.8, 4) is 0 Å². The summed E-state index contributed by atoms with van der Waals surface area (Å²) < 4.78 is 7.16. The minimum Gasteiger partial charge on any atom is -0.462 e. The van der Waals surface area contributed by atoms with Gasteiger partial charge in [-0.3, -0.25) is 0 Å². The number of carbonyl (C=O) groups is 1. The third-order valence-corrected chi connectivity index (χ3v) is 5.17. The maximum absolute atomic E-state index is 11.6. The molecule has 1 rings (SSSR count). The zero-order valence-corrected chi connectivity index (χ0v) is 13.2. The van der Waals surface area contributed by atoms with Gasteiger partial charge in [-0.1, -0.05) is 12.1 Å². The van der Waals surface area contributed by atoms with E-state index in [1.54, 1.807) is 6.07 Å². The quantitative estimate of drug-likeness (QED) is 0.310. The van der Waals surface area contributed by atoms with Crippen LogP contribution in [0.15, 0.2) is 18.2 Å². The van der Waals surface area contributed by atoms with Gasteiger partial charge in [0.1, 0.15) is 0 Å². The molecule has 0 saturated heterocycles. The second kappa shape index (κ2) is 6.84. The fourth-order valence-electron chi connectivity index (χ4n) is 0.976. The number of ether oxygens (including phenoxy) is 1. The van der Waals surface area contributed by atoms with Crippen LogP contribution in [0.2, 0.25) is 6.04 Å². The molecule has 5 heteroatoms. The van der Waals surface area contributed by atoms with E-state index in [9.17, 15) is 4.79 Å². The monoisotopic (exact) mass is 443 g/mol. The number of carbonyl (C=O) groups excluding carboxylic acids is 1. The zero-order valence-electron chi connectivity index (χ0n) is 7.93. The highest BCUT2D eigenvalue weighted by molar-refractivity contribution is 14.1. The smallest absolute Gasteiger partial charge is 0.339 e. The number of benzene rings is 1. The number of halogens is 2. The van der Waals surface area contributed by atoms with Crippen LogP contribution >= 0.6 is 45.2 Å². The number of esters is 1. The lowest BCUT2D eigenvalue weighted by Gasteiger charge is -2.06. The summed E-state index contributed by atoms with van der Waals surface area (Å²) in [5, 5.41) is 0. The van der Waals surface area contributed by atoms with Crippen LogP contribution < -0.4 is 0 Å².